The van der Waals surface area contributed by atoms with Gasteiger partial charge >= 0.3 is 0 Å². The van der Waals surface area contributed by atoms with Crippen LogP contribution in [0, 0.1) is 0 Å². The summed E-state index contributed by atoms with van der Waals surface area (Å²) in [5.41, 5.74) is 3.77. The molecule has 0 fully saturated rings. The molecule has 0 saturated carbocycles. The van der Waals surface area contributed by atoms with Crippen molar-refractivity contribution in [3.63, 3.8) is 0 Å². The normalized spacial score (nSPS) is 16.6. The Kier molecular flexibility index (Phi) is 3.50. The van der Waals surface area contributed by atoms with Crippen LogP contribution in [0.4, 0.5) is 5.69 Å². The van der Waals surface area contributed by atoms with Gasteiger partial charge < -0.3 is 14.8 Å². The molecule has 0 saturated heterocycles. The molecule has 20 heavy (non-hydrogen) atoms. The molecule has 1 N–H and O–H groups in total. The van der Waals surface area contributed by atoms with Crippen LogP contribution in [0.25, 0.3) is 0 Å². The average molecular weight is 269 g/mol. The first kappa shape index (κ1) is 12.9. The molecule has 3 rings (SSSR count). The van der Waals surface area contributed by atoms with Gasteiger partial charge in [-0.25, -0.2) is 0 Å². The van der Waals surface area contributed by atoms with Crippen LogP contribution in [0.1, 0.15) is 23.6 Å². The second-order valence-corrected chi connectivity index (χ2v) is 5.00. The molecule has 3 heteroatoms. The molecule has 0 amide bonds. The number of methoxy groups -OCH3 is 2. The highest BCUT2D eigenvalue weighted by atomic mass is 16.5. The monoisotopic (exact) mass is 269 g/mol. The largest absolute Gasteiger partial charge is 0.497 e. The number of hydrogen-bond donors (Lipinski definition) is 1. The molecule has 0 aliphatic heterocycles. The summed E-state index contributed by atoms with van der Waals surface area (Å²) >= 11 is 0. The van der Waals surface area contributed by atoms with Crippen LogP contribution in [0.3, 0.4) is 0 Å². The van der Waals surface area contributed by atoms with E-state index < -0.39 is 0 Å². The van der Waals surface area contributed by atoms with Gasteiger partial charge in [-0.15, -0.1) is 0 Å². The summed E-state index contributed by atoms with van der Waals surface area (Å²) < 4.78 is 10.7. The Morgan fingerprint density at radius 3 is 2.70 bits per heavy atom. The summed E-state index contributed by atoms with van der Waals surface area (Å²) in [6, 6.07) is 14.7. The summed E-state index contributed by atoms with van der Waals surface area (Å²) in [5.74, 6) is 1.79. The van der Waals surface area contributed by atoms with E-state index in [1.54, 1.807) is 14.2 Å². The molecule has 0 spiro atoms. The standard InChI is InChI=1S/C17H19NO2/c1-19-13-9-7-12-8-10-15(14(12)11-13)18-16-5-3-4-6-17(16)20-2/h3-7,9,11,15,18H,8,10H2,1-2H3. The molecule has 1 aliphatic rings. The van der Waals surface area contributed by atoms with E-state index in [2.05, 4.69) is 23.5 Å². The molecule has 1 unspecified atom stereocenters. The van der Waals surface area contributed by atoms with Crippen LogP contribution in [0.15, 0.2) is 42.5 Å². The lowest BCUT2D eigenvalue weighted by Crippen LogP contribution is -2.08. The summed E-state index contributed by atoms with van der Waals surface area (Å²) in [7, 11) is 3.41. The van der Waals surface area contributed by atoms with Gasteiger partial charge in [-0.3, -0.25) is 0 Å². The highest BCUT2D eigenvalue weighted by Crippen LogP contribution is 2.37. The Morgan fingerprint density at radius 1 is 1.05 bits per heavy atom. The molecule has 0 bridgehead atoms. The predicted molar refractivity (Wildman–Crippen MR) is 80.7 cm³/mol. The van der Waals surface area contributed by atoms with Crippen LogP contribution in [-0.4, -0.2) is 14.2 Å². The lowest BCUT2D eigenvalue weighted by atomic mass is 10.1. The van der Waals surface area contributed by atoms with Crippen LogP contribution < -0.4 is 14.8 Å². The van der Waals surface area contributed by atoms with E-state index in [1.165, 1.54) is 11.1 Å². The zero-order valence-corrected chi connectivity index (χ0v) is 11.8. The van der Waals surface area contributed by atoms with Crippen LogP contribution in [0.2, 0.25) is 0 Å². The summed E-state index contributed by atoms with van der Waals surface area (Å²) in [6.45, 7) is 0. The molecule has 0 radical (unpaired) electrons. The number of ether oxygens (including phenoxy) is 2. The second-order valence-electron chi connectivity index (χ2n) is 5.00. The van der Waals surface area contributed by atoms with Gasteiger partial charge in [0.05, 0.1) is 25.9 Å². The minimum atomic E-state index is 0.316. The van der Waals surface area contributed by atoms with E-state index in [4.69, 9.17) is 9.47 Å². The van der Waals surface area contributed by atoms with Crippen molar-refractivity contribution in [3.8, 4) is 11.5 Å². The van der Waals surface area contributed by atoms with Crippen molar-refractivity contribution in [2.24, 2.45) is 0 Å². The maximum absolute atomic E-state index is 5.40. The van der Waals surface area contributed by atoms with Gasteiger partial charge in [-0.05, 0) is 48.2 Å². The second kappa shape index (κ2) is 5.45. The maximum atomic E-state index is 5.40. The highest BCUT2D eigenvalue weighted by molar-refractivity contribution is 5.58. The number of fused-ring (bicyclic) bond motifs is 1. The first-order valence-corrected chi connectivity index (χ1v) is 6.88. The molecule has 1 atom stereocenters. The lowest BCUT2D eigenvalue weighted by molar-refractivity contribution is 0.414. The molecule has 2 aromatic carbocycles. The van der Waals surface area contributed by atoms with Crippen LogP contribution >= 0.6 is 0 Å². The van der Waals surface area contributed by atoms with E-state index in [9.17, 15) is 0 Å². The fourth-order valence-electron chi connectivity index (χ4n) is 2.81. The van der Waals surface area contributed by atoms with Crippen LogP contribution in [-0.2, 0) is 6.42 Å². The smallest absolute Gasteiger partial charge is 0.141 e. The predicted octanol–water partition coefficient (Wildman–Crippen LogP) is 3.80. The van der Waals surface area contributed by atoms with E-state index in [1.807, 2.05) is 24.3 Å². The lowest BCUT2D eigenvalue weighted by Gasteiger charge is -2.18. The first-order chi connectivity index (χ1) is 9.81. The van der Waals surface area contributed by atoms with Gasteiger partial charge in [0.25, 0.3) is 0 Å². The number of benzene rings is 2. The Balaban J connectivity index is 1.87. The number of aryl methyl sites for hydroxylation is 1. The number of para-hydroxylation sites is 2. The molecule has 3 nitrogen and oxygen atoms in total. The quantitative estimate of drug-likeness (QED) is 0.915. The zero-order chi connectivity index (χ0) is 13.9. The van der Waals surface area contributed by atoms with Crippen molar-refractivity contribution < 1.29 is 9.47 Å². The third-order valence-electron chi connectivity index (χ3n) is 3.87. The first-order valence-electron chi connectivity index (χ1n) is 6.88. The summed E-state index contributed by atoms with van der Waals surface area (Å²) in [4.78, 5) is 0. The molecule has 0 aromatic heterocycles. The van der Waals surface area contributed by atoms with E-state index in [0.29, 0.717) is 6.04 Å². The van der Waals surface area contributed by atoms with E-state index >= 15 is 0 Å². The van der Waals surface area contributed by atoms with Gasteiger partial charge in [0.15, 0.2) is 0 Å². The van der Waals surface area contributed by atoms with Crippen LogP contribution in [0.5, 0.6) is 11.5 Å². The minimum Gasteiger partial charge on any atom is -0.497 e. The number of anilines is 1. The fourth-order valence-corrected chi connectivity index (χ4v) is 2.81. The maximum Gasteiger partial charge on any atom is 0.141 e. The Bertz CT molecular complexity index is 610. The van der Waals surface area contributed by atoms with Gasteiger partial charge in [-0.2, -0.15) is 0 Å². The van der Waals surface area contributed by atoms with Gasteiger partial charge in [0, 0.05) is 0 Å². The van der Waals surface area contributed by atoms with E-state index in [0.717, 1.165) is 30.0 Å². The Labute approximate surface area is 119 Å². The molecule has 2 aromatic rings. The summed E-state index contributed by atoms with van der Waals surface area (Å²) in [5, 5.41) is 3.59. The highest BCUT2D eigenvalue weighted by Gasteiger charge is 2.23. The molecule has 104 valence electrons. The van der Waals surface area contributed by atoms with Gasteiger partial charge in [-0.1, -0.05) is 18.2 Å². The summed E-state index contributed by atoms with van der Waals surface area (Å²) in [6.07, 6.45) is 2.20. The Hall–Kier alpha value is -2.16. The van der Waals surface area contributed by atoms with Crippen molar-refractivity contribution >= 4 is 5.69 Å². The SMILES string of the molecule is COc1ccc2c(c1)C(Nc1ccccc1OC)CC2. The van der Waals surface area contributed by atoms with Gasteiger partial charge in [0.1, 0.15) is 11.5 Å². The number of hydrogen-bond acceptors (Lipinski definition) is 3. The van der Waals surface area contributed by atoms with Crippen molar-refractivity contribution in [1.82, 2.24) is 0 Å². The minimum absolute atomic E-state index is 0.316. The zero-order valence-electron chi connectivity index (χ0n) is 11.8. The molecule has 0 heterocycles. The number of rotatable bonds is 4. The van der Waals surface area contributed by atoms with Crippen molar-refractivity contribution in [2.75, 3.05) is 19.5 Å². The molecule has 1 aliphatic carbocycles. The number of nitrogens with one attached hydrogen (secondary N) is 1. The third-order valence-corrected chi connectivity index (χ3v) is 3.87. The van der Waals surface area contributed by atoms with E-state index in [-0.39, 0.29) is 0 Å². The third kappa shape index (κ3) is 2.31. The van der Waals surface area contributed by atoms with Crippen molar-refractivity contribution in [2.45, 2.75) is 18.9 Å². The average Bonchev–Trinajstić information content (AvgIpc) is 2.90. The fraction of sp³-hybridized carbons (Fsp3) is 0.294. The van der Waals surface area contributed by atoms with Crippen molar-refractivity contribution in [3.05, 3.63) is 53.6 Å². The van der Waals surface area contributed by atoms with Gasteiger partial charge in [0.2, 0.25) is 0 Å². The Morgan fingerprint density at radius 2 is 1.90 bits per heavy atom. The molecular weight excluding hydrogens is 250 g/mol. The van der Waals surface area contributed by atoms with Crippen molar-refractivity contribution in [1.29, 1.82) is 0 Å². The topological polar surface area (TPSA) is 30.5 Å². The molecular formula is C17H19NO2.